The molecule has 1 aromatic heterocycles. The van der Waals surface area contributed by atoms with E-state index in [1.54, 1.807) is 11.0 Å². The second-order valence-electron chi connectivity index (χ2n) is 10.5. The zero-order chi connectivity index (χ0) is 27.0. The van der Waals surface area contributed by atoms with Gasteiger partial charge in [0.05, 0.1) is 12.2 Å². The normalized spacial score (nSPS) is 16.7. The number of amides is 2. The van der Waals surface area contributed by atoms with Gasteiger partial charge < -0.3 is 19.0 Å². The summed E-state index contributed by atoms with van der Waals surface area (Å²) in [6, 6.07) is 21.4. The number of likely N-dealkylation sites (N-methyl/N-ethyl adjacent to an activating group) is 1. The smallest absolute Gasteiger partial charge is 0.411 e. The molecule has 0 atom stereocenters. The first-order chi connectivity index (χ1) is 19.0. The highest BCUT2D eigenvalue weighted by Crippen LogP contribution is 2.28. The molecular formula is C31H38N4O4. The first-order valence-corrected chi connectivity index (χ1v) is 14.0. The van der Waals surface area contributed by atoms with E-state index >= 15 is 0 Å². The fraction of sp³-hybridized carbons (Fsp3) is 0.419. The summed E-state index contributed by atoms with van der Waals surface area (Å²) < 4.78 is 11.6. The summed E-state index contributed by atoms with van der Waals surface area (Å²) in [6.45, 7) is 5.99. The predicted octanol–water partition coefficient (Wildman–Crippen LogP) is 5.33. The zero-order valence-electron chi connectivity index (χ0n) is 22.7. The number of carbonyl (C=O) groups excluding carboxylic acids is 2. The lowest BCUT2D eigenvalue weighted by Gasteiger charge is -2.32. The summed E-state index contributed by atoms with van der Waals surface area (Å²) in [7, 11) is 1.82. The van der Waals surface area contributed by atoms with Gasteiger partial charge in [0.2, 0.25) is 0 Å². The molecule has 0 unspecified atom stereocenters. The molecule has 8 heteroatoms. The second-order valence-corrected chi connectivity index (χ2v) is 10.5. The van der Waals surface area contributed by atoms with Crippen molar-refractivity contribution in [2.75, 3.05) is 51.6 Å². The van der Waals surface area contributed by atoms with Gasteiger partial charge in [0.1, 0.15) is 11.9 Å². The largest absolute Gasteiger partial charge is 0.455 e. The van der Waals surface area contributed by atoms with Crippen molar-refractivity contribution >= 4 is 17.7 Å². The minimum atomic E-state index is -0.426. The Morgan fingerprint density at radius 3 is 2.41 bits per heavy atom. The number of hydrogen-bond donors (Lipinski definition) is 1. The average molecular weight is 531 g/mol. The van der Waals surface area contributed by atoms with Gasteiger partial charge in [-0.1, -0.05) is 48.5 Å². The number of hydrogen-bond acceptors (Lipinski definition) is 6. The maximum Gasteiger partial charge on any atom is 0.411 e. The summed E-state index contributed by atoms with van der Waals surface area (Å²) >= 11 is 0. The Morgan fingerprint density at radius 2 is 1.64 bits per heavy atom. The number of ether oxygens (including phenoxy) is 1. The maximum absolute atomic E-state index is 12.8. The molecule has 5 rings (SSSR count). The number of rotatable bonds is 9. The van der Waals surface area contributed by atoms with E-state index in [1.807, 2.05) is 67.7 Å². The third-order valence-corrected chi connectivity index (χ3v) is 7.61. The van der Waals surface area contributed by atoms with E-state index < -0.39 is 6.09 Å². The lowest BCUT2D eigenvalue weighted by molar-refractivity contribution is 0.0533. The summed E-state index contributed by atoms with van der Waals surface area (Å²) in [4.78, 5) is 31.9. The molecule has 2 aromatic carbocycles. The summed E-state index contributed by atoms with van der Waals surface area (Å²) in [5, 5.41) is 2.93. The summed E-state index contributed by atoms with van der Waals surface area (Å²) in [6.07, 6.45) is 3.45. The van der Waals surface area contributed by atoms with Crippen molar-refractivity contribution in [1.29, 1.82) is 0 Å². The van der Waals surface area contributed by atoms with Crippen LogP contribution in [0.15, 0.2) is 71.1 Å². The predicted molar refractivity (Wildman–Crippen MR) is 152 cm³/mol. The number of furan rings is 1. The Kier molecular flexibility index (Phi) is 8.96. The van der Waals surface area contributed by atoms with E-state index in [4.69, 9.17) is 9.15 Å². The number of anilines is 1. The Morgan fingerprint density at radius 1 is 0.923 bits per heavy atom. The van der Waals surface area contributed by atoms with Crippen LogP contribution in [0.1, 0.15) is 42.0 Å². The quantitative estimate of drug-likeness (QED) is 0.403. The van der Waals surface area contributed by atoms with Crippen molar-refractivity contribution in [3.8, 4) is 11.1 Å². The average Bonchev–Trinajstić information content (AvgIpc) is 3.66. The first kappa shape index (κ1) is 27.0. The Bertz CT molecular complexity index is 1230. The van der Waals surface area contributed by atoms with Gasteiger partial charge >= 0.3 is 6.09 Å². The number of para-hydroxylation sites is 1. The molecule has 0 radical (unpaired) electrons. The van der Waals surface area contributed by atoms with Crippen molar-refractivity contribution in [3.05, 3.63) is 78.3 Å². The van der Waals surface area contributed by atoms with Crippen LogP contribution in [-0.2, 0) is 11.3 Å². The molecule has 0 bridgehead atoms. The van der Waals surface area contributed by atoms with E-state index in [-0.39, 0.29) is 12.0 Å². The highest BCUT2D eigenvalue weighted by Gasteiger charge is 2.24. The van der Waals surface area contributed by atoms with Crippen LogP contribution >= 0.6 is 0 Å². The van der Waals surface area contributed by atoms with Crippen LogP contribution in [0.4, 0.5) is 10.5 Å². The van der Waals surface area contributed by atoms with Gasteiger partial charge in [0.25, 0.3) is 5.91 Å². The maximum atomic E-state index is 12.8. The molecular weight excluding hydrogens is 492 g/mol. The molecule has 0 spiro atoms. The van der Waals surface area contributed by atoms with Crippen LogP contribution in [0.5, 0.6) is 0 Å². The third kappa shape index (κ3) is 7.28. The van der Waals surface area contributed by atoms with Crippen molar-refractivity contribution in [2.24, 2.45) is 0 Å². The standard InChI is InChI=1S/C31H38N4O4/c1-33(30(36)29-14-13-26(38-29)23-35-17-7-8-18-35)21-22-34-19-15-25(16-20-34)39-31(37)32-28-12-6-5-11-27(28)24-9-3-2-4-10-24/h2-6,9-14,25H,7-8,15-23H2,1H3,(H,32,37). The minimum absolute atomic E-state index is 0.0895. The highest BCUT2D eigenvalue weighted by molar-refractivity contribution is 5.92. The number of benzene rings is 2. The van der Waals surface area contributed by atoms with Gasteiger partial charge in [0.15, 0.2) is 5.76 Å². The highest BCUT2D eigenvalue weighted by atomic mass is 16.6. The number of nitrogens with one attached hydrogen (secondary N) is 1. The van der Waals surface area contributed by atoms with E-state index in [9.17, 15) is 9.59 Å². The van der Waals surface area contributed by atoms with Gasteiger partial charge in [-0.25, -0.2) is 4.79 Å². The Balaban J connectivity index is 1.03. The SMILES string of the molecule is CN(CCN1CCC(OC(=O)Nc2ccccc2-c2ccccc2)CC1)C(=O)c1ccc(CN2CCCC2)o1. The van der Waals surface area contributed by atoms with Crippen molar-refractivity contribution in [2.45, 2.75) is 38.3 Å². The molecule has 0 saturated carbocycles. The Labute approximate surface area is 230 Å². The molecule has 2 fully saturated rings. The molecule has 3 aromatic rings. The molecule has 8 nitrogen and oxygen atoms in total. The monoisotopic (exact) mass is 530 g/mol. The topological polar surface area (TPSA) is 78.3 Å². The molecule has 2 aliphatic rings. The van der Waals surface area contributed by atoms with E-state index in [0.29, 0.717) is 12.3 Å². The van der Waals surface area contributed by atoms with Gasteiger partial charge in [-0.05, 0) is 62.5 Å². The summed E-state index contributed by atoms with van der Waals surface area (Å²) in [5.41, 5.74) is 2.74. The molecule has 39 heavy (non-hydrogen) atoms. The van der Waals surface area contributed by atoms with Crippen molar-refractivity contribution in [1.82, 2.24) is 14.7 Å². The molecule has 3 heterocycles. The lowest BCUT2D eigenvalue weighted by atomic mass is 10.0. The summed E-state index contributed by atoms with van der Waals surface area (Å²) in [5.74, 6) is 1.16. The van der Waals surface area contributed by atoms with Crippen LogP contribution in [0, 0.1) is 0 Å². The Hall–Kier alpha value is -3.62. The molecule has 2 aliphatic heterocycles. The number of piperidine rings is 1. The van der Waals surface area contributed by atoms with Crippen LogP contribution < -0.4 is 5.32 Å². The zero-order valence-corrected chi connectivity index (χ0v) is 22.7. The number of likely N-dealkylation sites (tertiary alicyclic amines) is 2. The molecule has 2 saturated heterocycles. The van der Waals surface area contributed by atoms with E-state index in [1.165, 1.54) is 12.8 Å². The minimum Gasteiger partial charge on any atom is -0.455 e. The third-order valence-electron chi connectivity index (χ3n) is 7.61. The van der Waals surface area contributed by atoms with Crippen LogP contribution in [-0.4, -0.2) is 79.1 Å². The fourth-order valence-corrected chi connectivity index (χ4v) is 5.32. The molecule has 1 N–H and O–H groups in total. The van der Waals surface area contributed by atoms with Gasteiger partial charge in [-0.15, -0.1) is 0 Å². The molecule has 2 amide bonds. The van der Waals surface area contributed by atoms with Crippen LogP contribution in [0.3, 0.4) is 0 Å². The first-order valence-electron chi connectivity index (χ1n) is 14.0. The van der Waals surface area contributed by atoms with Gasteiger partial charge in [-0.2, -0.15) is 0 Å². The van der Waals surface area contributed by atoms with Crippen LogP contribution in [0.25, 0.3) is 11.1 Å². The number of carbonyl (C=O) groups is 2. The van der Waals surface area contributed by atoms with Crippen molar-refractivity contribution < 1.29 is 18.7 Å². The lowest BCUT2D eigenvalue weighted by Crippen LogP contribution is -2.42. The molecule has 0 aliphatic carbocycles. The fourth-order valence-electron chi connectivity index (χ4n) is 5.32. The van der Waals surface area contributed by atoms with Crippen LogP contribution in [0.2, 0.25) is 0 Å². The number of nitrogens with zero attached hydrogens (tertiary/aromatic N) is 3. The van der Waals surface area contributed by atoms with Gasteiger partial charge in [0, 0.05) is 38.8 Å². The van der Waals surface area contributed by atoms with E-state index in [2.05, 4.69) is 15.1 Å². The van der Waals surface area contributed by atoms with E-state index in [0.717, 1.165) is 74.7 Å². The van der Waals surface area contributed by atoms with Crippen molar-refractivity contribution in [3.63, 3.8) is 0 Å². The second kappa shape index (κ2) is 13.0. The molecule has 206 valence electrons. The van der Waals surface area contributed by atoms with Gasteiger partial charge in [-0.3, -0.25) is 15.0 Å².